The van der Waals surface area contributed by atoms with Crippen molar-refractivity contribution in [1.82, 2.24) is 23.4 Å². The van der Waals surface area contributed by atoms with Crippen LogP contribution in [0.1, 0.15) is 16.4 Å². The predicted molar refractivity (Wildman–Crippen MR) is 99.2 cm³/mol. The van der Waals surface area contributed by atoms with E-state index in [-0.39, 0.29) is 17.7 Å². The summed E-state index contributed by atoms with van der Waals surface area (Å²) < 4.78 is 42.6. The molecule has 0 saturated carbocycles. The largest absolute Gasteiger partial charge is 0.319 e. The van der Waals surface area contributed by atoms with Crippen molar-refractivity contribution in [2.75, 3.05) is 32.5 Å². The van der Waals surface area contributed by atoms with Gasteiger partial charge >= 0.3 is 0 Å². The average Bonchev–Trinajstić information content (AvgIpc) is 3.23. The number of hydrogen-bond acceptors (Lipinski definition) is 5. The van der Waals surface area contributed by atoms with Crippen molar-refractivity contribution in [3.05, 3.63) is 41.7 Å². The van der Waals surface area contributed by atoms with Gasteiger partial charge in [-0.25, -0.2) is 4.39 Å². The quantitative estimate of drug-likeness (QED) is 0.798. The highest BCUT2D eigenvalue weighted by Crippen LogP contribution is 2.34. The standard InChI is InChI=1S/C17H21FN6O3S/c1-22(2)28(26,27)23-8-11-6-15-20-21-16(24(15)10-12(11)9-23)17(25)19-14-5-3-4-13(18)7-14/h3-5,7,11-12H,6,8-10H2,1-2H3,(H,19,25). The summed E-state index contributed by atoms with van der Waals surface area (Å²) in [6, 6.07) is 5.61. The van der Waals surface area contributed by atoms with Gasteiger partial charge in [0, 0.05) is 45.8 Å². The van der Waals surface area contributed by atoms with Crippen LogP contribution in [0.3, 0.4) is 0 Å². The van der Waals surface area contributed by atoms with Gasteiger partial charge in [-0.1, -0.05) is 6.07 Å². The lowest BCUT2D eigenvalue weighted by atomic mass is 9.89. The van der Waals surface area contributed by atoms with E-state index in [0.717, 1.165) is 0 Å². The molecule has 1 aromatic carbocycles. The molecule has 2 aliphatic rings. The van der Waals surface area contributed by atoms with Gasteiger partial charge in [-0.2, -0.15) is 17.0 Å². The van der Waals surface area contributed by atoms with Gasteiger partial charge in [0.1, 0.15) is 11.6 Å². The molecule has 11 heteroatoms. The molecule has 1 amide bonds. The van der Waals surface area contributed by atoms with Crippen LogP contribution in [0.25, 0.3) is 0 Å². The molecule has 2 unspecified atom stereocenters. The van der Waals surface area contributed by atoms with Crippen LogP contribution in [0.4, 0.5) is 10.1 Å². The number of hydrogen-bond donors (Lipinski definition) is 1. The maximum Gasteiger partial charge on any atom is 0.293 e. The number of nitrogens with one attached hydrogen (secondary N) is 1. The van der Waals surface area contributed by atoms with Crippen molar-refractivity contribution >= 4 is 21.8 Å². The molecule has 2 aromatic rings. The van der Waals surface area contributed by atoms with E-state index >= 15 is 0 Å². The van der Waals surface area contributed by atoms with E-state index in [4.69, 9.17) is 0 Å². The number of rotatable bonds is 4. The molecule has 0 bridgehead atoms. The highest BCUT2D eigenvalue weighted by molar-refractivity contribution is 7.86. The number of nitrogens with zero attached hydrogens (tertiary/aromatic N) is 5. The first-order chi connectivity index (χ1) is 13.3. The minimum Gasteiger partial charge on any atom is -0.319 e. The summed E-state index contributed by atoms with van der Waals surface area (Å²) in [5.41, 5.74) is 0.333. The lowest BCUT2D eigenvalue weighted by molar-refractivity contribution is 0.100. The third kappa shape index (κ3) is 3.29. The number of benzene rings is 1. The van der Waals surface area contributed by atoms with Crippen LogP contribution in [0.5, 0.6) is 0 Å². The Hall–Kier alpha value is -2.37. The van der Waals surface area contributed by atoms with Crippen LogP contribution in [0.2, 0.25) is 0 Å². The third-order valence-corrected chi connectivity index (χ3v) is 7.18. The summed E-state index contributed by atoms with van der Waals surface area (Å²) in [4.78, 5) is 12.6. The van der Waals surface area contributed by atoms with E-state index in [1.165, 1.54) is 40.9 Å². The van der Waals surface area contributed by atoms with E-state index in [0.29, 0.717) is 37.6 Å². The summed E-state index contributed by atoms with van der Waals surface area (Å²) in [6.07, 6.45) is 0.560. The van der Waals surface area contributed by atoms with Gasteiger partial charge in [-0.05, 0) is 30.0 Å². The molecule has 0 aliphatic carbocycles. The van der Waals surface area contributed by atoms with Crippen LogP contribution < -0.4 is 5.32 Å². The molecule has 0 radical (unpaired) electrons. The molecular weight excluding hydrogens is 387 g/mol. The fraction of sp³-hybridized carbons (Fsp3) is 0.471. The van der Waals surface area contributed by atoms with Gasteiger partial charge in [-0.15, -0.1) is 10.2 Å². The maximum absolute atomic E-state index is 13.3. The molecule has 0 spiro atoms. The van der Waals surface area contributed by atoms with Gasteiger partial charge in [0.2, 0.25) is 5.82 Å². The molecule has 4 rings (SSSR count). The van der Waals surface area contributed by atoms with Crippen LogP contribution in [-0.4, -0.2) is 64.9 Å². The zero-order valence-electron chi connectivity index (χ0n) is 15.5. The third-order valence-electron chi connectivity index (χ3n) is 5.31. The highest BCUT2D eigenvalue weighted by Gasteiger charge is 2.43. The number of anilines is 1. The molecule has 28 heavy (non-hydrogen) atoms. The van der Waals surface area contributed by atoms with E-state index in [1.807, 2.05) is 0 Å². The summed E-state index contributed by atoms with van der Waals surface area (Å²) in [5, 5.41) is 10.8. The first-order valence-corrected chi connectivity index (χ1v) is 10.3. The van der Waals surface area contributed by atoms with Crippen molar-refractivity contribution < 1.29 is 17.6 Å². The maximum atomic E-state index is 13.3. The van der Waals surface area contributed by atoms with Crippen LogP contribution in [0, 0.1) is 17.7 Å². The Bertz CT molecular complexity index is 1020. The average molecular weight is 408 g/mol. The predicted octanol–water partition coefficient (Wildman–Crippen LogP) is 0.580. The van der Waals surface area contributed by atoms with Gasteiger partial charge in [0.25, 0.3) is 16.1 Å². The number of carbonyl (C=O) groups excluding carboxylic acids is 1. The first-order valence-electron chi connectivity index (χ1n) is 8.92. The highest BCUT2D eigenvalue weighted by atomic mass is 32.2. The number of fused-ring (bicyclic) bond motifs is 2. The normalized spacial score (nSPS) is 22.1. The van der Waals surface area contributed by atoms with Crippen molar-refractivity contribution in [2.45, 2.75) is 13.0 Å². The second-order valence-corrected chi connectivity index (χ2v) is 9.49. The summed E-state index contributed by atoms with van der Waals surface area (Å²) in [6.45, 7) is 1.30. The molecule has 2 aliphatic heterocycles. The van der Waals surface area contributed by atoms with Gasteiger partial charge in [0.15, 0.2) is 0 Å². The summed E-state index contributed by atoms with van der Waals surface area (Å²) in [5.74, 6) is 0.113. The number of halogens is 1. The van der Waals surface area contributed by atoms with Crippen LogP contribution in [0.15, 0.2) is 24.3 Å². The molecule has 150 valence electrons. The Balaban J connectivity index is 1.52. The molecule has 2 atom stereocenters. The van der Waals surface area contributed by atoms with Gasteiger partial charge < -0.3 is 9.88 Å². The molecule has 1 aromatic heterocycles. The zero-order chi connectivity index (χ0) is 20.1. The number of amides is 1. The van der Waals surface area contributed by atoms with Crippen molar-refractivity contribution in [3.8, 4) is 0 Å². The van der Waals surface area contributed by atoms with Crippen LogP contribution in [-0.2, 0) is 23.2 Å². The molecule has 1 N–H and O–H groups in total. The fourth-order valence-corrected chi connectivity index (χ4v) is 5.04. The Morgan fingerprint density at radius 3 is 2.68 bits per heavy atom. The molecule has 1 saturated heterocycles. The SMILES string of the molecule is CN(C)S(=O)(=O)N1CC2Cc3nnc(C(=O)Nc4cccc(F)c4)n3CC2C1. The lowest BCUT2D eigenvalue weighted by Crippen LogP contribution is -2.38. The molecule has 3 heterocycles. The molecule has 9 nitrogen and oxygen atoms in total. The second kappa shape index (κ2) is 6.90. The fourth-order valence-electron chi connectivity index (χ4n) is 3.82. The minimum absolute atomic E-state index is 0.0824. The van der Waals surface area contributed by atoms with E-state index in [1.54, 1.807) is 10.6 Å². The van der Waals surface area contributed by atoms with Crippen molar-refractivity contribution in [2.24, 2.45) is 11.8 Å². The summed E-state index contributed by atoms with van der Waals surface area (Å²) >= 11 is 0. The van der Waals surface area contributed by atoms with E-state index < -0.39 is 21.9 Å². The first kappa shape index (κ1) is 19.0. The Labute approximate surface area is 162 Å². The van der Waals surface area contributed by atoms with Gasteiger partial charge in [-0.3, -0.25) is 4.79 Å². The Morgan fingerprint density at radius 1 is 1.21 bits per heavy atom. The van der Waals surface area contributed by atoms with Gasteiger partial charge in [0.05, 0.1) is 0 Å². The Morgan fingerprint density at radius 2 is 1.96 bits per heavy atom. The molecular formula is C17H21FN6O3S. The number of aromatic nitrogens is 3. The monoisotopic (exact) mass is 408 g/mol. The molecule has 1 fully saturated rings. The lowest BCUT2D eigenvalue weighted by Gasteiger charge is -2.25. The smallest absolute Gasteiger partial charge is 0.293 e. The summed E-state index contributed by atoms with van der Waals surface area (Å²) in [7, 11) is -0.440. The zero-order valence-corrected chi connectivity index (χ0v) is 16.4. The minimum atomic E-state index is -3.47. The topological polar surface area (TPSA) is 100 Å². The number of carbonyl (C=O) groups is 1. The Kier molecular flexibility index (Phi) is 4.68. The second-order valence-electron chi connectivity index (χ2n) is 7.35. The van der Waals surface area contributed by atoms with Crippen LogP contribution >= 0.6 is 0 Å². The van der Waals surface area contributed by atoms with Crippen molar-refractivity contribution in [1.29, 1.82) is 0 Å². The van der Waals surface area contributed by atoms with E-state index in [9.17, 15) is 17.6 Å². The van der Waals surface area contributed by atoms with E-state index in [2.05, 4.69) is 15.5 Å². The van der Waals surface area contributed by atoms with Crippen molar-refractivity contribution in [3.63, 3.8) is 0 Å².